The van der Waals surface area contributed by atoms with Gasteiger partial charge in [0.25, 0.3) is 0 Å². The average Bonchev–Trinajstić information content (AvgIpc) is 2.91. The molecule has 0 saturated carbocycles. The fraction of sp³-hybridized carbons (Fsp3) is 0.125. The van der Waals surface area contributed by atoms with Crippen LogP contribution in [0.15, 0.2) is 48.5 Å². The van der Waals surface area contributed by atoms with Gasteiger partial charge in [0.2, 0.25) is 0 Å². The van der Waals surface area contributed by atoms with Crippen molar-refractivity contribution in [1.29, 1.82) is 0 Å². The minimum absolute atomic E-state index is 0.163. The molecule has 0 saturated heterocycles. The van der Waals surface area contributed by atoms with Crippen LogP contribution in [0.3, 0.4) is 0 Å². The molecule has 0 atom stereocenters. The van der Waals surface area contributed by atoms with Crippen LogP contribution >= 0.6 is 11.6 Å². The molecule has 1 aromatic heterocycles. The molecule has 0 unspecified atom stereocenters. The van der Waals surface area contributed by atoms with Crippen LogP contribution < -0.4 is 0 Å². The summed E-state index contributed by atoms with van der Waals surface area (Å²) in [4.78, 5) is 0. The van der Waals surface area contributed by atoms with E-state index in [1.54, 1.807) is 10.7 Å². The first kappa shape index (κ1) is 13.8. The first-order chi connectivity index (χ1) is 10.2. The number of aromatic nitrogens is 3. The van der Waals surface area contributed by atoms with Gasteiger partial charge in [0.15, 0.2) is 0 Å². The summed E-state index contributed by atoms with van der Waals surface area (Å²) in [6, 6.07) is 15.4. The molecular formula is C16H14ClN3O. The maximum atomic E-state index is 9.52. The average molecular weight is 300 g/mol. The Kier molecular flexibility index (Phi) is 3.73. The Morgan fingerprint density at radius 1 is 1.14 bits per heavy atom. The topological polar surface area (TPSA) is 50.9 Å². The van der Waals surface area contributed by atoms with Crippen molar-refractivity contribution in [3.05, 3.63) is 64.8 Å². The standard InChI is InChI=1S/C16H14ClN3O/c1-11-4-2-5-12(8-11)16-15(10-21)18-19-20(16)14-7-3-6-13(17)9-14/h2-9,21H,10H2,1H3. The third kappa shape index (κ3) is 2.68. The zero-order valence-corrected chi connectivity index (χ0v) is 12.2. The third-order valence-electron chi connectivity index (χ3n) is 3.23. The third-order valence-corrected chi connectivity index (χ3v) is 3.47. The molecule has 4 nitrogen and oxygen atoms in total. The summed E-state index contributed by atoms with van der Waals surface area (Å²) >= 11 is 6.05. The van der Waals surface area contributed by atoms with Crippen molar-refractivity contribution in [2.45, 2.75) is 13.5 Å². The zero-order valence-electron chi connectivity index (χ0n) is 11.5. The highest BCUT2D eigenvalue weighted by Crippen LogP contribution is 2.27. The molecule has 5 heteroatoms. The van der Waals surface area contributed by atoms with Gasteiger partial charge in [0, 0.05) is 10.6 Å². The fourth-order valence-electron chi connectivity index (χ4n) is 2.29. The molecule has 0 aliphatic heterocycles. The van der Waals surface area contributed by atoms with Crippen molar-refractivity contribution in [3.63, 3.8) is 0 Å². The second-order valence-corrected chi connectivity index (χ2v) is 5.24. The summed E-state index contributed by atoms with van der Waals surface area (Å²) < 4.78 is 1.70. The Labute approximate surface area is 127 Å². The van der Waals surface area contributed by atoms with Crippen molar-refractivity contribution in [1.82, 2.24) is 15.0 Å². The monoisotopic (exact) mass is 299 g/mol. The molecule has 0 aliphatic carbocycles. The van der Waals surface area contributed by atoms with Crippen LogP contribution in [0.1, 0.15) is 11.3 Å². The van der Waals surface area contributed by atoms with Crippen LogP contribution in [-0.4, -0.2) is 20.1 Å². The van der Waals surface area contributed by atoms with Gasteiger partial charge in [-0.05, 0) is 31.2 Å². The molecule has 0 amide bonds. The van der Waals surface area contributed by atoms with Crippen LogP contribution in [0.2, 0.25) is 5.02 Å². The van der Waals surface area contributed by atoms with Crippen LogP contribution in [0.4, 0.5) is 0 Å². The summed E-state index contributed by atoms with van der Waals surface area (Å²) in [5, 5.41) is 18.4. The summed E-state index contributed by atoms with van der Waals surface area (Å²) in [5.41, 5.74) is 4.23. The molecule has 106 valence electrons. The van der Waals surface area contributed by atoms with Crippen molar-refractivity contribution in [3.8, 4) is 16.9 Å². The van der Waals surface area contributed by atoms with E-state index in [9.17, 15) is 5.11 Å². The summed E-state index contributed by atoms with van der Waals surface area (Å²) in [7, 11) is 0. The smallest absolute Gasteiger partial charge is 0.117 e. The minimum Gasteiger partial charge on any atom is -0.390 e. The van der Waals surface area contributed by atoms with Crippen molar-refractivity contribution >= 4 is 11.6 Å². The van der Waals surface area contributed by atoms with E-state index in [0.717, 1.165) is 22.5 Å². The molecule has 2 aromatic carbocycles. The molecule has 1 N–H and O–H groups in total. The zero-order chi connectivity index (χ0) is 14.8. The lowest BCUT2D eigenvalue weighted by molar-refractivity contribution is 0.277. The summed E-state index contributed by atoms with van der Waals surface area (Å²) in [6.07, 6.45) is 0. The van der Waals surface area contributed by atoms with Crippen LogP contribution in [-0.2, 0) is 6.61 Å². The molecule has 0 fully saturated rings. The molecule has 3 aromatic rings. The Morgan fingerprint density at radius 3 is 2.67 bits per heavy atom. The Morgan fingerprint density at radius 2 is 1.95 bits per heavy atom. The number of halogens is 1. The maximum absolute atomic E-state index is 9.52. The van der Waals surface area contributed by atoms with Crippen LogP contribution in [0.5, 0.6) is 0 Å². The van der Waals surface area contributed by atoms with E-state index in [1.807, 2.05) is 49.4 Å². The number of aryl methyl sites for hydroxylation is 1. The number of aliphatic hydroxyl groups excluding tert-OH is 1. The highest BCUT2D eigenvalue weighted by molar-refractivity contribution is 6.30. The van der Waals surface area contributed by atoms with E-state index in [1.165, 1.54) is 0 Å². The molecule has 21 heavy (non-hydrogen) atoms. The number of nitrogens with zero attached hydrogens (tertiary/aromatic N) is 3. The quantitative estimate of drug-likeness (QED) is 0.806. The number of aliphatic hydroxyl groups is 1. The number of benzene rings is 2. The van der Waals surface area contributed by atoms with Gasteiger partial charge in [-0.25, -0.2) is 4.68 Å². The molecule has 3 rings (SSSR count). The number of hydrogen-bond acceptors (Lipinski definition) is 3. The molecule has 0 aliphatic rings. The van der Waals surface area contributed by atoms with Crippen LogP contribution in [0, 0.1) is 6.92 Å². The number of rotatable bonds is 3. The SMILES string of the molecule is Cc1cccc(-c2c(CO)nnn2-c2cccc(Cl)c2)c1. The van der Waals surface area contributed by atoms with E-state index in [4.69, 9.17) is 11.6 Å². The van der Waals surface area contributed by atoms with E-state index >= 15 is 0 Å². The normalized spacial score (nSPS) is 10.8. The predicted molar refractivity (Wildman–Crippen MR) is 82.5 cm³/mol. The van der Waals surface area contributed by atoms with Gasteiger partial charge in [-0.15, -0.1) is 5.10 Å². The molecule has 0 radical (unpaired) electrons. The van der Waals surface area contributed by atoms with Gasteiger partial charge >= 0.3 is 0 Å². The van der Waals surface area contributed by atoms with Gasteiger partial charge in [-0.3, -0.25) is 0 Å². The largest absolute Gasteiger partial charge is 0.390 e. The van der Waals surface area contributed by atoms with E-state index < -0.39 is 0 Å². The first-order valence-corrected chi connectivity index (χ1v) is 6.95. The lowest BCUT2D eigenvalue weighted by atomic mass is 10.1. The maximum Gasteiger partial charge on any atom is 0.117 e. The number of hydrogen-bond donors (Lipinski definition) is 1. The Hall–Kier alpha value is -2.17. The highest BCUT2D eigenvalue weighted by Gasteiger charge is 2.15. The van der Waals surface area contributed by atoms with Gasteiger partial charge in [-0.2, -0.15) is 0 Å². The predicted octanol–water partition coefficient (Wildman–Crippen LogP) is 3.39. The molecular weight excluding hydrogens is 286 g/mol. The van der Waals surface area contributed by atoms with E-state index in [-0.39, 0.29) is 6.61 Å². The van der Waals surface area contributed by atoms with Crippen molar-refractivity contribution in [2.24, 2.45) is 0 Å². The molecule has 1 heterocycles. The van der Waals surface area contributed by atoms with Gasteiger partial charge in [-0.1, -0.05) is 46.6 Å². The summed E-state index contributed by atoms with van der Waals surface area (Å²) in [5.74, 6) is 0. The molecule has 0 bridgehead atoms. The summed E-state index contributed by atoms with van der Waals surface area (Å²) in [6.45, 7) is 1.86. The first-order valence-electron chi connectivity index (χ1n) is 6.57. The lowest BCUT2D eigenvalue weighted by Gasteiger charge is -2.09. The highest BCUT2D eigenvalue weighted by atomic mass is 35.5. The van der Waals surface area contributed by atoms with Crippen molar-refractivity contribution in [2.75, 3.05) is 0 Å². The van der Waals surface area contributed by atoms with Crippen molar-refractivity contribution < 1.29 is 5.11 Å². The second kappa shape index (κ2) is 5.68. The second-order valence-electron chi connectivity index (χ2n) is 4.80. The van der Waals surface area contributed by atoms with Gasteiger partial charge < -0.3 is 5.11 Å². The van der Waals surface area contributed by atoms with Gasteiger partial charge in [0.1, 0.15) is 11.4 Å². The van der Waals surface area contributed by atoms with E-state index in [0.29, 0.717) is 10.7 Å². The Bertz CT molecular complexity index is 783. The fourth-order valence-corrected chi connectivity index (χ4v) is 2.47. The molecule has 0 spiro atoms. The minimum atomic E-state index is -0.163. The lowest BCUT2D eigenvalue weighted by Crippen LogP contribution is -2.00. The Balaban J connectivity index is 2.21. The van der Waals surface area contributed by atoms with Gasteiger partial charge in [0.05, 0.1) is 12.3 Å². The van der Waals surface area contributed by atoms with E-state index in [2.05, 4.69) is 10.3 Å². The van der Waals surface area contributed by atoms with Crippen LogP contribution in [0.25, 0.3) is 16.9 Å².